The van der Waals surface area contributed by atoms with Crippen LogP contribution in [0, 0.1) is 0 Å². The molecule has 102 valence electrons. The van der Waals surface area contributed by atoms with Crippen molar-refractivity contribution in [2.24, 2.45) is 0 Å². The molecule has 3 N–H and O–H groups in total. The van der Waals surface area contributed by atoms with Gasteiger partial charge in [0.25, 0.3) is 5.91 Å². The number of hydrogen-bond donors (Lipinski definition) is 3. The molecule has 6 nitrogen and oxygen atoms in total. The molecule has 0 aliphatic carbocycles. The molecule has 1 atom stereocenters. The topological polar surface area (TPSA) is 89.9 Å². The highest BCUT2D eigenvalue weighted by molar-refractivity contribution is 5.95. The van der Waals surface area contributed by atoms with Gasteiger partial charge >= 0.3 is 5.97 Å². The van der Waals surface area contributed by atoms with Gasteiger partial charge in [0, 0.05) is 12.1 Å². The average Bonchev–Trinajstić information content (AvgIpc) is 2.86. The van der Waals surface area contributed by atoms with Crippen LogP contribution in [0.5, 0.6) is 0 Å². The summed E-state index contributed by atoms with van der Waals surface area (Å²) in [5.41, 5.74) is 3.27. The van der Waals surface area contributed by atoms with Crippen LogP contribution in [0.3, 0.4) is 0 Å². The number of carboxylic acids is 1. The first-order valence-corrected chi connectivity index (χ1v) is 6.13. The van der Waals surface area contributed by atoms with Gasteiger partial charge in [-0.1, -0.05) is 0 Å². The quantitative estimate of drug-likeness (QED) is 0.736. The van der Waals surface area contributed by atoms with Crippen molar-refractivity contribution < 1.29 is 19.8 Å². The van der Waals surface area contributed by atoms with E-state index in [1.807, 2.05) is 0 Å². The van der Waals surface area contributed by atoms with Crippen molar-refractivity contribution in [3.8, 4) is 0 Å². The maximum absolute atomic E-state index is 12.0. The third-order valence-corrected chi connectivity index (χ3v) is 3.23. The van der Waals surface area contributed by atoms with Gasteiger partial charge in [-0.2, -0.15) is 0 Å². The molecular weight excluding hydrogens is 248 g/mol. The smallest absolute Gasteiger partial charge is 0.335 e. The Hall–Kier alpha value is -1.92. The molecule has 0 bridgehead atoms. The standard InChI is InChI=1S/C13H16N2O4/c16-8-11-2-1-7-15(11)14-12(17)9-3-5-10(6-4-9)13(18)19/h3-6,11,16H,1-2,7-8H2,(H,14,17)(H,18,19). The highest BCUT2D eigenvalue weighted by atomic mass is 16.4. The molecule has 0 spiro atoms. The van der Waals surface area contributed by atoms with E-state index in [1.165, 1.54) is 24.3 Å². The van der Waals surface area contributed by atoms with Crippen molar-refractivity contribution in [2.45, 2.75) is 18.9 Å². The maximum Gasteiger partial charge on any atom is 0.335 e. The lowest BCUT2D eigenvalue weighted by Crippen LogP contribution is -2.46. The SMILES string of the molecule is O=C(O)c1ccc(C(=O)NN2CCCC2CO)cc1. The van der Waals surface area contributed by atoms with E-state index in [9.17, 15) is 9.59 Å². The van der Waals surface area contributed by atoms with Crippen LogP contribution in [0.4, 0.5) is 0 Å². The molecule has 1 saturated heterocycles. The minimum atomic E-state index is -1.02. The molecule has 1 aromatic rings. The number of hydrazine groups is 1. The predicted octanol–water partition coefficient (Wildman–Crippen LogP) is 0.486. The Morgan fingerprint density at radius 2 is 1.89 bits per heavy atom. The largest absolute Gasteiger partial charge is 0.478 e. The van der Waals surface area contributed by atoms with Gasteiger partial charge < -0.3 is 10.2 Å². The molecule has 1 heterocycles. The number of nitrogens with zero attached hydrogens (tertiary/aromatic N) is 1. The van der Waals surface area contributed by atoms with Crippen LogP contribution in [-0.4, -0.2) is 46.3 Å². The highest BCUT2D eigenvalue weighted by Crippen LogP contribution is 2.14. The number of benzene rings is 1. The third-order valence-electron chi connectivity index (χ3n) is 3.23. The number of nitrogens with one attached hydrogen (secondary N) is 1. The first-order valence-electron chi connectivity index (χ1n) is 6.13. The van der Waals surface area contributed by atoms with E-state index >= 15 is 0 Å². The third kappa shape index (κ3) is 3.10. The van der Waals surface area contributed by atoms with Crippen LogP contribution in [0.2, 0.25) is 0 Å². The summed E-state index contributed by atoms with van der Waals surface area (Å²) >= 11 is 0. The number of carbonyl (C=O) groups is 2. The lowest BCUT2D eigenvalue weighted by molar-refractivity contribution is 0.0677. The number of amides is 1. The molecule has 6 heteroatoms. The number of carboxylic acid groups (broad SMARTS) is 1. The van der Waals surface area contributed by atoms with E-state index in [2.05, 4.69) is 5.43 Å². The molecule has 1 aliphatic rings. The summed E-state index contributed by atoms with van der Waals surface area (Å²) in [6.45, 7) is 0.725. The van der Waals surface area contributed by atoms with Crippen LogP contribution < -0.4 is 5.43 Å². The van der Waals surface area contributed by atoms with Crippen LogP contribution in [-0.2, 0) is 0 Å². The van der Waals surface area contributed by atoms with Crippen molar-refractivity contribution in [1.29, 1.82) is 0 Å². The molecule has 0 aromatic heterocycles. The number of hydrogen-bond acceptors (Lipinski definition) is 4. The molecule has 0 radical (unpaired) electrons. The highest BCUT2D eigenvalue weighted by Gasteiger charge is 2.25. The fourth-order valence-corrected chi connectivity index (χ4v) is 2.13. The molecule has 2 rings (SSSR count). The zero-order chi connectivity index (χ0) is 13.8. The number of aliphatic hydroxyl groups excluding tert-OH is 1. The first kappa shape index (κ1) is 13.5. The van der Waals surface area contributed by atoms with Crippen LogP contribution in [0.25, 0.3) is 0 Å². The Morgan fingerprint density at radius 1 is 1.26 bits per heavy atom. The van der Waals surface area contributed by atoms with Crippen molar-refractivity contribution in [3.63, 3.8) is 0 Å². The maximum atomic E-state index is 12.0. The molecule has 1 amide bonds. The van der Waals surface area contributed by atoms with Crippen molar-refractivity contribution in [3.05, 3.63) is 35.4 Å². The summed E-state index contributed by atoms with van der Waals surface area (Å²) in [6.07, 6.45) is 1.79. The van der Waals surface area contributed by atoms with E-state index in [4.69, 9.17) is 10.2 Å². The van der Waals surface area contributed by atoms with E-state index in [1.54, 1.807) is 5.01 Å². The lowest BCUT2D eigenvalue weighted by atomic mass is 10.1. The molecule has 1 aromatic carbocycles. The van der Waals surface area contributed by atoms with Crippen LogP contribution in [0.1, 0.15) is 33.6 Å². The second-order valence-electron chi connectivity index (χ2n) is 4.50. The van der Waals surface area contributed by atoms with Crippen molar-refractivity contribution in [2.75, 3.05) is 13.2 Å². The van der Waals surface area contributed by atoms with Gasteiger partial charge in [-0.25, -0.2) is 9.80 Å². The Bertz CT molecular complexity index is 472. The second kappa shape index (κ2) is 5.81. The summed E-state index contributed by atoms with van der Waals surface area (Å²) in [5.74, 6) is -1.32. The average molecular weight is 264 g/mol. The van der Waals surface area contributed by atoms with E-state index in [0.717, 1.165) is 12.8 Å². The van der Waals surface area contributed by atoms with Crippen molar-refractivity contribution in [1.82, 2.24) is 10.4 Å². The van der Waals surface area contributed by atoms with Crippen molar-refractivity contribution >= 4 is 11.9 Å². The summed E-state index contributed by atoms with van der Waals surface area (Å²) in [6, 6.07) is 5.70. The number of rotatable bonds is 4. The molecule has 1 fully saturated rings. The van der Waals surface area contributed by atoms with Gasteiger partial charge in [-0.05, 0) is 37.1 Å². The lowest BCUT2D eigenvalue weighted by Gasteiger charge is -2.23. The van der Waals surface area contributed by atoms with Gasteiger partial charge in [0.2, 0.25) is 0 Å². The van der Waals surface area contributed by atoms with Gasteiger partial charge in [0.15, 0.2) is 0 Å². The van der Waals surface area contributed by atoms with Gasteiger partial charge in [0.1, 0.15) is 0 Å². The molecule has 0 saturated carbocycles. The zero-order valence-corrected chi connectivity index (χ0v) is 10.4. The molecule has 19 heavy (non-hydrogen) atoms. The molecule has 1 aliphatic heterocycles. The summed E-state index contributed by atoms with van der Waals surface area (Å²) in [5, 5.41) is 19.7. The zero-order valence-electron chi connectivity index (χ0n) is 10.4. The molecule has 1 unspecified atom stereocenters. The Morgan fingerprint density at radius 3 is 2.47 bits per heavy atom. The molecular formula is C13H16N2O4. The first-order chi connectivity index (χ1) is 9.11. The summed E-state index contributed by atoms with van der Waals surface area (Å²) < 4.78 is 0. The Labute approximate surface area is 110 Å². The van der Waals surface area contributed by atoms with E-state index < -0.39 is 5.97 Å². The second-order valence-corrected chi connectivity index (χ2v) is 4.50. The summed E-state index contributed by atoms with van der Waals surface area (Å²) in [4.78, 5) is 22.7. The van der Waals surface area contributed by atoms with Gasteiger partial charge in [0.05, 0.1) is 18.2 Å². The fourth-order valence-electron chi connectivity index (χ4n) is 2.13. The minimum Gasteiger partial charge on any atom is -0.478 e. The Balaban J connectivity index is 2.01. The van der Waals surface area contributed by atoms with Crippen LogP contribution >= 0.6 is 0 Å². The normalized spacial score (nSPS) is 19.3. The number of aliphatic hydroxyl groups is 1. The minimum absolute atomic E-state index is 0.0121. The number of carbonyl (C=O) groups excluding carboxylic acids is 1. The van der Waals surface area contributed by atoms with E-state index in [-0.39, 0.29) is 24.1 Å². The number of aromatic carboxylic acids is 1. The van der Waals surface area contributed by atoms with Gasteiger partial charge in [-0.15, -0.1) is 0 Å². The van der Waals surface area contributed by atoms with Crippen LogP contribution in [0.15, 0.2) is 24.3 Å². The fraction of sp³-hybridized carbons (Fsp3) is 0.385. The summed E-state index contributed by atoms with van der Waals surface area (Å²) in [7, 11) is 0. The van der Waals surface area contributed by atoms with E-state index in [0.29, 0.717) is 12.1 Å². The van der Waals surface area contributed by atoms with Gasteiger partial charge in [-0.3, -0.25) is 10.2 Å². The monoisotopic (exact) mass is 264 g/mol. The Kier molecular flexibility index (Phi) is 4.13. The predicted molar refractivity (Wildman–Crippen MR) is 67.7 cm³/mol.